The van der Waals surface area contributed by atoms with Crippen LogP contribution < -0.4 is 0 Å². The zero-order valence-corrected chi connectivity index (χ0v) is 26.5. The van der Waals surface area contributed by atoms with E-state index in [1.807, 2.05) is 30.3 Å². The van der Waals surface area contributed by atoms with Gasteiger partial charge in [0.2, 0.25) is 0 Å². The van der Waals surface area contributed by atoms with Gasteiger partial charge in [-0.2, -0.15) is 0 Å². The number of hydrogen-bond acceptors (Lipinski definition) is 4. The van der Waals surface area contributed by atoms with E-state index in [2.05, 4.69) is 48.5 Å². The third kappa shape index (κ3) is 3.87. The Hall–Kier alpha value is -1.94. The SMILES string of the molecule is CC(C)C1=C2C3CCC4[C@@]5(C)CC[C@H](O)C(C)(C)C5CC[C@@]4(C)[C@]3(C)CC[C@@]2(C(=O)OCc2ccccc2)CC1=O. The van der Waals surface area contributed by atoms with Crippen LogP contribution in [0.1, 0.15) is 112 Å². The van der Waals surface area contributed by atoms with Crippen LogP contribution in [0.4, 0.5) is 0 Å². The molecule has 1 aromatic carbocycles. The van der Waals surface area contributed by atoms with E-state index in [9.17, 15) is 14.7 Å². The van der Waals surface area contributed by atoms with Crippen molar-refractivity contribution >= 4 is 11.8 Å². The number of Topliss-reactive ketones (excluding diaryl/α,β-unsaturated/α-hetero) is 1. The average Bonchev–Trinajstić information content (AvgIpc) is 3.24. The van der Waals surface area contributed by atoms with Crippen molar-refractivity contribution < 1.29 is 19.4 Å². The van der Waals surface area contributed by atoms with E-state index < -0.39 is 5.41 Å². The number of fused-ring (bicyclic) bond motifs is 7. The minimum absolute atomic E-state index is 0.0212. The van der Waals surface area contributed by atoms with E-state index in [4.69, 9.17) is 4.74 Å². The van der Waals surface area contributed by atoms with Crippen LogP contribution in [0, 0.1) is 50.7 Å². The van der Waals surface area contributed by atoms with Gasteiger partial charge in [-0.1, -0.05) is 78.8 Å². The van der Waals surface area contributed by atoms with Gasteiger partial charge < -0.3 is 9.84 Å². The fourth-order valence-corrected chi connectivity index (χ4v) is 11.7. The lowest BCUT2D eigenvalue weighted by Gasteiger charge is -2.72. The molecular weight excluding hydrogens is 508 g/mol. The van der Waals surface area contributed by atoms with Crippen molar-refractivity contribution in [1.29, 1.82) is 0 Å². The molecule has 0 radical (unpaired) electrons. The summed E-state index contributed by atoms with van der Waals surface area (Å²) in [4.78, 5) is 27.9. The summed E-state index contributed by atoms with van der Waals surface area (Å²) < 4.78 is 6.06. The standard InChI is InChI=1S/C37H52O4/c1-23(2)30-26(38)21-37(32(40)41-22-24-11-9-8-10-12-24)20-19-35(6)25(31(30)37)13-14-28-34(5)17-16-29(39)33(3,4)27(34)15-18-36(28,35)7/h8-12,23,25,27-29,39H,13-22H2,1-7H3/t25?,27?,28?,29-,34-,35+,36+,37+/m0/s1. The number of ether oxygens (including phenoxy) is 1. The van der Waals surface area contributed by atoms with Crippen LogP contribution in [0.15, 0.2) is 41.5 Å². The Bertz CT molecular complexity index is 1260. The van der Waals surface area contributed by atoms with Crippen LogP contribution >= 0.6 is 0 Å². The normalized spacial score (nSPS) is 43.2. The van der Waals surface area contributed by atoms with Gasteiger partial charge in [-0.25, -0.2) is 0 Å². The van der Waals surface area contributed by atoms with Crippen molar-refractivity contribution in [2.24, 2.45) is 50.7 Å². The molecule has 0 spiro atoms. The Labute approximate surface area is 247 Å². The van der Waals surface area contributed by atoms with Crippen LogP contribution in [0.5, 0.6) is 0 Å². The highest BCUT2D eigenvalue weighted by molar-refractivity contribution is 6.06. The maximum absolute atomic E-state index is 14.1. The summed E-state index contributed by atoms with van der Waals surface area (Å²) in [6.07, 6.45) is 8.18. The summed E-state index contributed by atoms with van der Waals surface area (Å²) in [5.74, 6) is 1.41. The molecule has 4 saturated carbocycles. The van der Waals surface area contributed by atoms with Gasteiger partial charge in [0, 0.05) is 6.42 Å². The lowest BCUT2D eigenvalue weighted by atomic mass is 9.33. The Morgan fingerprint density at radius 1 is 0.902 bits per heavy atom. The number of rotatable bonds is 4. The third-order valence-electron chi connectivity index (χ3n) is 14.0. The smallest absolute Gasteiger partial charge is 0.317 e. The molecular formula is C37H52O4. The monoisotopic (exact) mass is 560 g/mol. The van der Waals surface area contributed by atoms with Gasteiger partial charge in [0.05, 0.1) is 11.5 Å². The molecule has 4 nitrogen and oxygen atoms in total. The van der Waals surface area contributed by atoms with E-state index in [0.717, 1.165) is 61.7 Å². The van der Waals surface area contributed by atoms with Crippen molar-refractivity contribution in [2.45, 2.75) is 119 Å². The molecule has 0 heterocycles. The Morgan fingerprint density at radius 3 is 2.29 bits per heavy atom. The number of benzene rings is 1. The number of hydrogen-bond donors (Lipinski definition) is 1. The number of carbonyl (C=O) groups excluding carboxylic acids is 2. The Balaban J connectivity index is 1.38. The first-order chi connectivity index (χ1) is 19.2. The average molecular weight is 561 g/mol. The molecule has 0 amide bonds. The molecule has 0 bridgehead atoms. The zero-order valence-electron chi connectivity index (χ0n) is 26.5. The molecule has 0 aliphatic heterocycles. The summed E-state index contributed by atoms with van der Waals surface area (Å²) in [5, 5.41) is 11.0. The second-order valence-corrected chi connectivity index (χ2v) is 16.2. The van der Waals surface area contributed by atoms with Gasteiger partial charge in [0.1, 0.15) is 6.61 Å². The van der Waals surface area contributed by atoms with Crippen molar-refractivity contribution in [3.63, 3.8) is 0 Å². The molecule has 41 heavy (non-hydrogen) atoms. The Kier molecular flexibility index (Phi) is 6.77. The maximum Gasteiger partial charge on any atom is 0.317 e. The van der Waals surface area contributed by atoms with Crippen molar-refractivity contribution in [2.75, 3.05) is 0 Å². The van der Waals surface area contributed by atoms with Crippen molar-refractivity contribution in [3.8, 4) is 0 Å². The number of carbonyl (C=O) groups is 2. The summed E-state index contributed by atoms with van der Waals surface area (Å²) in [6.45, 7) is 16.7. The van der Waals surface area contributed by atoms with E-state index in [0.29, 0.717) is 18.3 Å². The van der Waals surface area contributed by atoms with E-state index in [1.54, 1.807) is 0 Å². The first kappa shape index (κ1) is 29.1. The minimum atomic E-state index is -0.809. The number of ketones is 1. The molecule has 8 atom stereocenters. The quantitative estimate of drug-likeness (QED) is 0.378. The molecule has 4 fully saturated rings. The van der Waals surface area contributed by atoms with Crippen LogP contribution in [0.3, 0.4) is 0 Å². The topological polar surface area (TPSA) is 63.6 Å². The predicted molar refractivity (Wildman–Crippen MR) is 162 cm³/mol. The molecule has 0 saturated heterocycles. The number of esters is 1. The first-order valence-electron chi connectivity index (χ1n) is 16.4. The summed E-state index contributed by atoms with van der Waals surface area (Å²) in [6, 6.07) is 9.89. The molecule has 1 N–H and O–H groups in total. The van der Waals surface area contributed by atoms with Crippen LogP contribution in [0.2, 0.25) is 0 Å². The lowest BCUT2D eigenvalue weighted by molar-refractivity contribution is -0.229. The van der Waals surface area contributed by atoms with Crippen molar-refractivity contribution in [3.05, 3.63) is 47.0 Å². The van der Waals surface area contributed by atoms with Crippen LogP contribution in [-0.4, -0.2) is 23.0 Å². The van der Waals surface area contributed by atoms with Gasteiger partial charge in [0.15, 0.2) is 5.78 Å². The number of aliphatic hydroxyl groups excluding tert-OH is 1. The molecule has 4 heteroatoms. The molecule has 1 aromatic rings. The zero-order chi connectivity index (χ0) is 29.6. The molecule has 5 aliphatic rings. The molecule has 5 aliphatic carbocycles. The highest BCUT2D eigenvalue weighted by Gasteiger charge is 2.71. The maximum atomic E-state index is 14.1. The number of allylic oxidation sites excluding steroid dienone is 1. The minimum Gasteiger partial charge on any atom is -0.460 e. The van der Waals surface area contributed by atoms with Gasteiger partial charge in [-0.05, 0) is 113 Å². The summed E-state index contributed by atoms with van der Waals surface area (Å²) in [5.41, 5.74) is 2.55. The van der Waals surface area contributed by atoms with Gasteiger partial charge >= 0.3 is 5.97 Å². The summed E-state index contributed by atoms with van der Waals surface area (Å²) >= 11 is 0. The lowest BCUT2D eigenvalue weighted by Crippen LogP contribution is -2.65. The third-order valence-corrected chi connectivity index (χ3v) is 14.0. The highest BCUT2D eigenvalue weighted by Crippen LogP contribution is 2.76. The predicted octanol–water partition coefficient (Wildman–Crippen LogP) is 8.07. The largest absolute Gasteiger partial charge is 0.460 e. The fraction of sp³-hybridized carbons (Fsp3) is 0.730. The van der Waals surface area contributed by atoms with Gasteiger partial charge in [0.25, 0.3) is 0 Å². The second kappa shape index (κ2) is 9.53. The highest BCUT2D eigenvalue weighted by atomic mass is 16.5. The van der Waals surface area contributed by atoms with Gasteiger partial charge in [-0.15, -0.1) is 0 Å². The molecule has 3 unspecified atom stereocenters. The van der Waals surface area contributed by atoms with Gasteiger partial charge in [-0.3, -0.25) is 9.59 Å². The van der Waals surface area contributed by atoms with Crippen LogP contribution in [-0.2, 0) is 20.9 Å². The molecule has 6 rings (SSSR count). The van der Waals surface area contributed by atoms with E-state index in [1.165, 1.54) is 0 Å². The fourth-order valence-electron chi connectivity index (χ4n) is 11.7. The Morgan fingerprint density at radius 2 is 1.61 bits per heavy atom. The van der Waals surface area contributed by atoms with Crippen LogP contribution in [0.25, 0.3) is 0 Å². The van der Waals surface area contributed by atoms with E-state index >= 15 is 0 Å². The van der Waals surface area contributed by atoms with Crippen molar-refractivity contribution in [1.82, 2.24) is 0 Å². The second-order valence-electron chi connectivity index (χ2n) is 16.2. The molecule has 224 valence electrons. The van der Waals surface area contributed by atoms with E-state index in [-0.39, 0.29) is 64.4 Å². The molecule has 0 aromatic heterocycles. The number of aliphatic hydroxyl groups is 1. The summed E-state index contributed by atoms with van der Waals surface area (Å²) in [7, 11) is 0. The first-order valence-corrected chi connectivity index (χ1v) is 16.4.